The molecule has 84 valence electrons. The maximum atomic E-state index is 11.0. The summed E-state index contributed by atoms with van der Waals surface area (Å²) < 4.78 is 4.72. The Kier molecular flexibility index (Phi) is 4.62. The molecule has 0 aliphatic rings. The molecule has 0 saturated carbocycles. The summed E-state index contributed by atoms with van der Waals surface area (Å²) in [4.78, 5) is 14.8. The van der Waals surface area contributed by atoms with E-state index >= 15 is 0 Å². The molecule has 1 heterocycles. The number of pyridine rings is 1. The van der Waals surface area contributed by atoms with Gasteiger partial charge in [0.05, 0.1) is 12.3 Å². The van der Waals surface area contributed by atoms with Crippen molar-refractivity contribution < 1.29 is 9.53 Å². The number of halogens is 1. The van der Waals surface area contributed by atoms with Crippen LogP contribution >= 0.6 is 11.6 Å². The summed E-state index contributed by atoms with van der Waals surface area (Å²) in [6.45, 7) is 2.10. The minimum Gasteiger partial charge on any atom is -0.465 e. The van der Waals surface area contributed by atoms with E-state index in [-0.39, 0.29) is 17.5 Å². The van der Waals surface area contributed by atoms with Crippen LogP contribution in [-0.4, -0.2) is 17.6 Å². The second kappa shape index (κ2) is 5.99. The first-order valence-corrected chi connectivity index (χ1v) is 5.06. The van der Waals surface area contributed by atoms with E-state index in [1.807, 2.05) is 0 Å². The van der Waals surface area contributed by atoms with Gasteiger partial charge >= 0.3 is 5.97 Å². The molecule has 16 heavy (non-hydrogen) atoms. The van der Waals surface area contributed by atoms with Gasteiger partial charge in [-0.25, -0.2) is 4.98 Å². The molecule has 0 aliphatic carbocycles. The van der Waals surface area contributed by atoms with Crippen LogP contribution in [-0.2, 0) is 9.53 Å². The molecule has 0 saturated heterocycles. The van der Waals surface area contributed by atoms with E-state index in [0.29, 0.717) is 17.9 Å². The monoisotopic (exact) mass is 238 g/mol. The lowest BCUT2D eigenvalue weighted by atomic mass is 10.2. The molecule has 0 aromatic carbocycles. The van der Waals surface area contributed by atoms with Crippen molar-refractivity contribution in [3.63, 3.8) is 0 Å². The Bertz CT molecular complexity index is 449. The standard InChI is InChI=1S/C11H11ClN2O2/c1-2-16-10(15)5-3-4-8-6-9(13)11(12)14-7-8/h6-7H,2,5,13H2,1H3. The Morgan fingerprint density at radius 3 is 3.06 bits per heavy atom. The number of anilines is 1. The van der Waals surface area contributed by atoms with Crippen molar-refractivity contribution in [3.8, 4) is 11.8 Å². The van der Waals surface area contributed by atoms with Crippen LogP contribution in [0.3, 0.4) is 0 Å². The predicted molar refractivity (Wildman–Crippen MR) is 61.8 cm³/mol. The molecule has 5 heteroatoms. The fourth-order valence-electron chi connectivity index (χ4n) is 0.964. The van der Waals surface area contributed by atoms with Gasteiger partial charge in [0.2, 0.25) is 0 Å². The number of hydrogen-bond acceptors (Lipinski definition) is 4. The van der Waals surface area contributed by atoms with Crippen molar-refractivity contribution in [2.75, 3.05) is 12.3 Å². The number of esters is 1. The summed E-state index contributed by atoms with van der Waals surface area (Å²) in [5.74, 6) is 5.08. The van der Waals surface area contributed by atoms with E-state index < -0.39 is 0 Å². The molecule has 1 aromatic rings. The zero-order valence-electron chi connectivity index (χ0n) is 8.79. The highest BCUT2D eigenvalue weighted by Gasteiger charge is 1.98. The van der Waals surface area contributed by atoms with E-state index in [0.717, 1.165) is 0 Å². The number of nitrogens with two attached hydrogens (primary N) is 1. The number of carbonyl (C=O) groups is 1. The number of nitrogens with zero attached hydrogens (tertiary/aromatic N) is 1. The molecule has 0 aliphatic heterocycles. The summed E-state index contributed by atoms with van der Waals surface area (Å²) in [6.07, 6.45) is 1.55. The van der Waals surface area contributed by atoms with Gasteiger partial charge in [-0.1, -0.05) is 23.4 Å². The third-order valence-electron chi connectivity index (χ3n) is 1.64. The molecule has 0 atom stereocenters. The lowest BCUT2D eigenvalue weighted by molar-refractivity contribution is -0.141. The smallest absolute Gasteiger partial charge is 0.317 e. The second-order valence-electron chi connectivity index (χ2n) is 2.89. The summed E-state index contributed by atoms with van der Waals surface area (Å²) in [5, 5.41) is 0.246. The van der Waals surface area contributed by atoms with Crippen LogP contribution in [0, 0.1) is 11.8 Å². The maximum absolute atomic E-state index is 11.0. The lowest BCUT2D eigenvalue weighted by Gasteiger charge is -1.96. The van der Waals surface area contributed by atoms with Gasteiger partial charge in [0.1, 0.15) is 6.42 Å². The summed E-state index contributed by atoms with van der Waals surface area (Å²) in [5.41, 5.74) is 6.53. The Morgan fingerprint density at radius 2 is 2.44 bits per heavy atom. The van der Waals surface area contributed by atoms with Gasteiger partial charge in [-0.2, -0.15) is 0 Å². The largest absolute Gasteiger partial charge is 0.465 e. The first kappa shape index (κ1) is 12.3. The van der Waals surface area contributed by atoms with Gasteiger partial charge in [0.25, 0.3) is 0 Å². The third kappa shape index (κ3) is 3.79. The van der Waals surface area contributed by atoms with Crippen molar-refractivity contribution in [1.82, 2.24) is 4.98 Å². The molecular weight excluding hydrogens is 228 g/mol. The number of ether oxygens (including phenoxy) is 1. The van der Waals surface area contributed by atoms with E-state index in [1.165, 1.54) is 6.20 Å². The van der Waals surface area contributed by atoms with Gasteiger partial charge in [0.15, 0.2) is 5.15 Å². The predicted octanol–water partition coefficient (Wildman–Crippen LogP) is 1.62. The fraction of sp³-hybridized carbons (Fsp3) is 0.273. The number of nitrogen functional groups attached to an aromatic ring is 1. The van der Waals surface area contributed by atoms with E-state index in [9.17, 15) is 4.79 Å². The Hall–Kier alpha value is -1.73. The summed E-state index contributed by atoms with van der Waals surface area (Å²) >= 11 is 5.65. The molecule has 2 N–H and O–H groups in total. The van der Waals surface area contributed by atoms with Gasteiger partial charge in [-0.15, -0.1) is 0 Å². The first-order valence-electron chi connectivity index (χ1n) is 4.69. The fourth-order valence-corrected chi connectivity index (χ4v) is 1.07. The van der Waals surface area contributed by atoms with Crippen LogP contribution in [0.5, 0.6) is 0 Å². The van der Waals surface area contributed by atoms with Crippen LogP contribution in [0.1, 0.15) is 18.9 Å². The Morgan fingerprint density at radius 1 is 1.69 bits per heavy atom. The van der Waals surface area contributed by atoms with Gasteiger partial charge in [0, 0.05) is 11.8 Å². The summed E-state index contributed by atoms with van der Waals surface area (Å²) in [6, 6.07) is 1.60. The SMILES string of the molecule is CCOC(=O)CC#Cc1cnc(Cl)c(N)c1. The first-order chi connectivity index (χ1) is 7.63. The molecule has 1 rings (SSSR count). The minimum absolute atomic E-state index is 0.0520. The zero-order valence-corrected chi connectivity index (χ0v) is 9.54. The lowest BCUT2D eigenvalue weighted by Crippen LogP contribution is -2.01. The molecule has 1 aromatic heterocycles. The normalized spacial score (nSPS) is 9.12. The average molecular weight is 239 g/mol. The number of rotatable bonds is 2. The highest BCUT2D eigenvalue weighted by atomic mass is 35.5. The maximum Gasteiger partial charge on any atom is 0.317 e. The van der Waals surface area contributed by atoms with Crippen LogP contribution in [0.4, 0.5) is 5.69 Å². The molecular formula is C11H11ClN2O2. The highest BCUT2D eigenvalue weighted by Crippen LogP contribution is 2.15. The van der Waals surface area contributed by atoms with Gasteiger partial charge in [-0.05, 0) is 13.0 Å². The second-order valence-corrected chi connectivity index (χ2v) is 3.25. The van der Waals surface area contributed by atoms with Crippen molar-refractivity contribution in [2.45, 2.75) is 13.3 Å². The van der Waals surface area contributed by atoms with Crippen LogP contribution in [0.25, 0.3) is 0 Å². The van der Waals surface area contributed by atoms with Crippen LogP contribution in [0.2, 0.25) is 5.15 Å². The quantitative estimate of drug-likeness (QED) is 0.483. The Labute approximate surface area is 98.8 Å². The summed E-state index contributed by atoms with van der Waals surface area (Å²) in [7, 11) is 0. The minimum atomic E-state index is -0.343. The number of aromatic nitrogens is 1. The van der Waals surface area contributed by atoms with Crippen LogP contribution < -0.4 is 5.73 Å². The number of hydrogen-bond donors (Lipinski definition) is 1. The van der Waals surface area contributed by atoms with Crippen LogP contribution in [0.15, 0.2) is 12.3 Å². The molecule has 0 unspecified atom stereocenters. The molecule has 0 radical (unpaired) electrons. The van der Waals surface area contributed by atoms with E-state index in [2.05, 4.69) is 16.8 Å². The topological polar surface area (TPSA) is 65.2 Å². The van der Waals surface area contributed by atoms with Crippen molar-refractivity contribution in [1.29, 1.82) is 0 Å². The van der Waals surface area contributed by atoms with Crippen molar-refractivity contribution >= 4 is 23.3 Å². The third-order valence-corrected chi connectivity index (χ3v) is 1.95. The molecule has 0 fully saturated rings. The van der Waals surface area contributed by atoms with E-state index in [1.54, 1.807) is 13.0 Å². The average Bonchev–Trinajstić information content (AvgIpc) is 2.24. The highest BCUT2D eigenvalue weighted by molar-refractivity contribution is 6.31. The van der Waals surface area contributed by atoms with Crippen molar-refractivity contribution in [3.05, 3.63) is 23.0 Å². The zero-order chi connectivity index (χ0) is 12.0. The number of carbonyl (C=O) groups excluding carboxylic acids is 1. The molecule has 4 nitrogen and oxygen atoms in total. The Balaban J connectivity index is 2.63. The van der Waals surface area contributed by atoms with Gasteiger partial charge < -0.3 is 10.5 Å². The molecule has 0 spiro atoms. The van der Waals surface area contributed by atoms with E-state index in [4.69, 9.17) is 22.1 Å². The molecule has 0 amide bonds. The molecule has 0 bridgehead atoms. The van der Waals surface area contributed by atoms with Crippen molar-refractivity contribution in [2.24, 2.45) is 0 Å². The van der Waals surface area contributed by atoms with Gasteiger partial charge in [-0.3, -0.25) is 4.79 Å².